The average molecular weight is 279 g/mol. The smallest absolute Gasteiger partial charge is 0.303 e. The number of hydrogen-bond acceptors (Lipinski definition) is 4. The maximum absolute atomic E-state index is 10.8. The van der Waals surface area contributed by atoms with Gasteiger partial charge in [-0.25, -0.2) is 0 Å². The van der Waals surface area contributed by atoms with E-state index in [1.165, 1.54) is 5.56 Å². The first-order valence-corrected chi connectivity index (χ1v) is 6.72. The standard InChI is InChI=1S/C15H21NO4/c1-15(6-4-14(17)18)11-9-13(20-3)12(19-2)8-10(11)5-7-16-15/h8-9,16H,4-7H2,1-3H3,(H,17,18). The van der Waals surface area contributed by atoms with Crippen molar-refractivity contribution in [2.75, 3.05) is 20.8 Å². The number of aliphatic carboxylic acids is 1. The van der Waals surface area contributed by atoms with Crippen LogP contribution >= 0.6 is 0 Å². The quantitative estimate of drug-likeness (QED) is 0.862. The molecule has 1 atom stereocenters. The third kappa shape index (κ3) is 2.72. The zero-order valence-corrected chi connectivity index (χ0v) is 12.2. The molecule has 0 saturated heterocycles. The van der Waals surface area contributed by atoms with Crippen molar-refractivity contribution in [2.45, 2.75) is 31.7 Å². The molecular weight excluding hydrogens is 258 g/mol. The Bertz CT molecular complexity index is 515. The van der Waals surface area contributed by atoms with Crippen molar-refractivity contribution >= 4 is 5.97 Å². The van der Waals surface area contributed by atoms with Gasteiger partial charge < -0.3 is 19.9 Å². The Morgan fingerprint density at radius 2 is 2.00 bits per heavy atom. The van der Waals surface area contributed by atoms with Gasteiger partial charge in [-0.1, -0.05) is 0 Å². The number of carboxylic acid groups (broad SMARTS) is 1. The fraction of sp³-hybridized carbons (Fsp3) is 0.533. The van der Waals surface area contributed by atoms with Gasteiger partial charge in [0, 0.05) is 18.5 Å². The Kier molecular flexibility index (Phi) is 4.18. The van der Waals surface area contributed by atoms with Crippen molar-refractivity contribution in [1.29, 1.82) is 0 Å². The minimum Gasteiger partial charge on any atom is -0.493 e. The second-order valence-electron chi connectivity index (χ2n) is 5.27. The molecule has 2 rings (SSSR count). The fourth-order valence-corrected chi connectivity index (χ4v) is 2.79. The Balaban J connectivity index is 2.41. The molecule has 1 heterocycles. The second kappa shape index (κ2) is 5.71. The Hall–Kier alpha value is -1.75. The summed E-state index contributed by atoms with van der Waals surface area (Å²) in [7, 11) is 3.23. The lowest BCUT2D eigenvalue weighted by Crippen LogP contribution is -2.45. The van der Waals surface area contributed by atoms with Crippen LogP contribution in [0.25, 0.3) is 0 Å². The largest absolute Gasteiger partial charge is 0.493 e. The molecular formula is C15H21NO4. The second-order valence-corrected chi connectivity index (χ2v) is 5.27. The van der Waals surface area contributed by atoms with E-state index < -0.39 is 5.97 Å². The molecule has 0 aromatic heterocycles. The zero-order chi connectivity index (χ0) is 14.8. The van der Waals surface area contributed by atoms with Gasteiger partial charge in [-0.05, 0) is 43.0 Å². The summed E-state index contributed by atoms with van der Waals surface area (Å²) in [6.45, 7) is 2.87. The number of carboxylic acids is 1. The van der Waals surface area contributed by atoms with Crippen molar-refractivity contribution in [3.8, 4) is 11.5 Å². The number of fused-ring (bicyclic) bond motifs is 1. The summed E-state index contributed by atoms with van der Waals surface area (Å²) >= 11 is 0. The van der Waals surface area contributed by atoms with Crippen LogP contribution in [0.5, 0.6) is 11.5 Å². The molecule has 0 fully saturated rings. The zero-order valence-electron chi connectivity index (χ0n) is 12.2. The van der Waals surface area contributed by atoms with Crippen LogP contribution in [-0.2, 0) is 16.8 Å². The van der Waals surface area contributed by atoms with Gasteiger partial charge in [0.25, 0.3) is 0 Å². The van der Waals surface area contributed by atoms with Gasteiger partial charge in [-0.2, -0.15) is 0 Å². The monoisotopic (exact) mass is 279 g/mol. The third-order valence-corrected chi connectivity index (χ3v) is 3.95. The summed E-state index contributed by atoms with van der Waals surface area (Å²) in [5.74, 6) is 0.617. The van der Waals surface area contributed by atoms with Gasteiger partial charge in [0.1, 0.15) is 0 Å². The molecule has 1 aliphatic rings. The van der Waals surface area contributed by atoms with Crippen molar-refractivity contribution in [3.05, 3.63) is 23.3 Å². The molecule has 5 nitrogen and oxygen atoms in total. The van der Waals surface area contributed by atoms with Crippen LogP contribution in [0.4, 0.5) is 0 Å². The van der Waals surface area contributed by atoms with Crippen molar-refractivity contribution in [1.82, 2.24) is 5.32 Å². The van der Waals surface area contributed by atoms with E-state index in [9.17, 15) is 4.79 Å². The number of hydrogen-bond donors (Lipinski definition) is 2. The summed E-state index contributed by atoms with van der Waals surface area (Å²) in [4.78, 5) is 10.8. The van der Waals surface area contributed by atoms with Crippen molar-refractivity contribution < 1.29 is 19.4 Å². The molecule has 0 saturated carbocycles. The normalized spacial score (nSPS) is 21.1. The van der Waals surface area contributed by atoms with E-state index >= 15 is 0 Å². The van der Waals surface area contributed by atoms with E-state index in [2.05, 4.69) is 5.32 Å². The van der Waals surface area contributed by atoms with Crippen molar-refractivity contribution in [3.63, 3.8) is 0 Å². The molecule has 0 amide bonds. The van der Waals surface area contributed by atoms with Crippen LogP contribution < -0.4 is 14.8 Å². The predicted molar refractivity (Wildman–Crippen MR) is 75.5 cm³/mol. The highest BCUT2D eigenvalue weighted by Gasteiger charge is 2.33. The lowest BCUT2D eigenvalue weighted by atomic mass is 9.80. The maximum atomic E-state index is 10.8. The van der Waals surface area contributed by atoms with E-state index in [4.69, 9.17) is 14.6 Å². The fourth-order valence-electron chi connectivity index (χ4n) is 2.79. The van der Waals surface area contributed by atoms with E-state index in [1.54, 1.807) is 14.2 Å². The lowest BCUT2D eigenvalue weighted by Gasteiger charge is -2.37. The maximum Gasteiger partial charge on any atom is 0.303 e. The molecule has 1 aliphatic heterocycles. The summed E-state index contributed by atoms with van der Waals surface area (Å²) in [6, 6.07) is 3.95. The lowest BCUT2D eigenvalue weighted by molar-refractivity contribution is -0.137. The first kappa shape index (κ1) is 14.7. The van der Waals surface area contributed by atoms with Gasteiger partial charge in [-0.3, -0.25) is 4.79 Å². The first-order valence-electron chi connectivity index (χ1n) is 6.72. The molecule has 110 valence electrons. The molecule has 20 heavy (non-hydrogen) atoms. The van der Waals surface area contributed by atoms with E-state index in [0.29, 0.717) is 17.9 Å². The molecule has 0 spiro atoms. The Morgan fingerprint density at radius 3 is 2.60 bits per heavy atom. The molecule has 0 bridgehead atoms. The highest BCUT2D eigenvalue weighted by atomic mass is 16.5. The van der Waals surface area contributed by atoms with Crippen LogP contribution in [0.1, 0.15) is 30.9 Å². The third-order valence-electron chi connectivity index (χ3n) is 3.95. The van der Waals surface area contributed by atoms with Gasteiger partial charge >= 0.3 is 5.97 Å². The summed E-state index contributed by atoms with van der Waals surface area (Å²) < 4.78 is 10.7. The molecule has 2 N–H and O–H groups in total. The van der Waals surface area contributed by atoms with Crippen LogP contribution in [0, 0.1) is 0 Å². The topological polar surface area (TPSA) is 67.8 Å². The van der Waals surface area contributed by atoms with E-state index in [-0.39, 0.29) is 12.0 Å². The molecule has 1 aromatic carbocycles. The summed E-state index contributed by atoms with van der Waals surface area (Å²) in [5.41, 5.74) is 1.95. The molecule has 1 aromatic rings. The number of ether oxygens (including phenoxy) is 2. The Morgan fingerprint density at radius 1 is 1.35 bits per heavy atom. The molecule has 5 heteroatoms. The predicted octanol–water partition coefficient (Wildman–Crippen LogP) is 1.93. The minimum absolute atomic E-state index is 0.136. The number of methoxy groups -OCH3 is 2. The SMILES string of the molecule is COc1cc2c(cc1OC)C(C)(CCC(=O)O)NCC2. The number of nitrogens with one attached hydrogen (secondary N) is 1. The van der Waals surface area contributed by atoms with Gasteiger partial charge in [0.05, 0.1) is 14.2 Å². The van der Waals surface area contributed by atoms with Crippen LogP contribution in [0.3, 0.4) is 0 Å². The van der Waals surface area contributed by atoms with Crippen LogP contribution in [0.15, 0.2) is 12.1 Å². The summed E-state index contributed by atoms with van der Waals surface area (Å²) in [6.07, 6.45) is 1.58. The minimum atomic E-state index is -0.777. The van der Waals surface area contributed by atoms with Crippen LogP contribution in [0.2, 0.25) is 0 Å². The molecule has 1 unspecified atom stereocenters. The average Bonchev–Trinajstić information content (AvgIpc) is 2.44. The number of rotatable bonds is 5. The highest BCUT2D eigenvalue weighted by Crippen LogP contribution is 2.39. The van der Waals surface area contributed by atoms with Gasteiger partial charge in [0.15, 0.2) is 11.5 Å². The highest BCUT2D eigenvalue weighted by molar-refractivity contribution is 5.67. The van der Waals surface area contributed by atoms with E-state index in [1.807, 2.05) is 19.1 Å². The number of benzene rings is 1. The molecule has 0 radical (unpaired) electrons. The van der Waals surface area contributed by atoms with E-state index in [0.717, 1.165) is 18.5 Å². The van der Waals surface area contributed by atoms with Crippen LogP contribution in [-0.4, -0.2) is 31.8 Å². The first-order chi connectivity index (χ1) is 9.50. The van der Waals surface area contributed by atoms with Gasteiger partial charge in [0.2, 0.25) is 0 Å². The summed E-state index contributed by atoms with van der Waals surface area (Å²) in [5, 5.41) is 12.4. The number of carbonyl (C=O) groups is 1. The Labute approximate surface area is 118 Å². The van der Waals surface area contributed by atoms with Crippen molar-refractivity contribution in [2.24, 2.45) is 0 Å². The van der Waals surface area contributed by atoms with Gasteiger partial charge in [-0.15, -0.1) is 0 Å². The molecule has 0 aliphatic carbocycles.